The van der Waals surface area contributed by atoms with Crippen molar-refractivity contribution in [2.45, 2.75) is 12.0 Å². The number of halogens is 3. The van der Waals surface area contributed by atoms with Crippen LogP contribution in [0.1, 0.15) is 5.56 Å². The minimum absolute atomic E-state index is 0.596. The topological polar surface area (TPSA) is 83.5 Å². The molecule has 1 aromatic carbocycles. The van der Waals surface area contributed by atoms with Crippen LogP contribution in [0.15, 0.2) is 12.1 Å². The summed E-state index contributed by atoms with van der Waals surface area (Å²) >= 11 is 0. The molecule has 0 aliphatic carbocycles. The van der Waals surface area contributed by atoms with E-state index in [0.717, 1.165) is 0 Å². The van der Waals surface area contributed by atoms with E-state index in [-0.39, 0.29) is 0 Å². The number of carboxylic acid groups (broad SMARTS) is 1. The van der Waals surface area contributed by atoms with Gasteiger partial charge in [-0.2, -0.15) is 0 Å². The maximum atomic E-state index is 13.3. The van der Waals surface area contributed by atoms with Crippen molar-refractivity contribution in [1.82, 2.24) is 0 Å². The highest BCUT2D eigenvalue weighted by Gasteiger charge is 2.36. The average molecular weight is 249 g/mol. The zero-order valence-corrected chi connectivity index (χ0v) is 8.58. The fraction of sp³-hybridized carbons (Fsp3) is 0.300. The van der Waals surface area contributed by atoms with Crippen LogP contribution in [0.2, 0.25) is 0 Å². The fourth-order valence-electron chi connectivity index (χ4n) is 1.25. The van der Waals surface area contributed by atoms with Crippen molar-refractivity contribution in [1.29, 1.82) is 0 Å². The van der Waals surface area contributed by atoms with E-state index in [1.807, 2.05) is 0 Å². The summed E-state index contributed by atoms with van der Waals surface area (Å²) in [5, 5.41) is 17.6. The molecule has 0 heterocycles. The van der Waals surface area contributed by atoms with Gasteiger partial charge < -0.3 is 15.9 Å². The van der Waals surface area contributed by atoms with E-state index < -0.39 is 47.6 Å². The molecule has 0 saturated heterocycles. The predicted molar refractivity (Wildman–Crippen MR) is 52.3 cm³/mol. The van der Waals surface area contributed by atoms with E-state index in [1.165, 1.54) is 0 Å². The lowest BCUT2D eigenvalue weighted by molar-refractivity contribution is -0.144. The number of phenolic OH excluding ortho intramolecular Hbond substituents is 1. The molecule has 0 spiro atoms. The smallest absolute Gasteiger partial charge is 0.326 e. The molecule has 4 nitrogen and oxygen atoms in total. The molecule has 1 unspecified atom stereocenters. The Kier molecular flexibility index (Phi) is 3.62. The van der Waals surface area contributed by atoms with Gasteiger partial charge in [-0.05, 0) is 0 Å². The van der Waals surface area contributed by atoms with Gasteiger partial charge in [0.25, 0.3) is 0 Å². The quantitative estimate of drug-likeness (QED) is 0.742. The number of hydrogen-bond acceptors (Lipinski definition) is 3. The van der Waals surface area contributed by atoms with Crippen molar-refractivity contribution in [3.05, 3.63) is 29.3 Å². The second kappa shape index (κ2) is 4.62. The third kappa shape index (κ3) is 2.68. The standard InChI is InChI=1S/C10H10F3NO3/c11-4-10(14,9(16)17)3-6-7(12)1-5(15)2-8(6)13/h1-2,15H,3-4,14H2,(H,16,17). The van der Waals surface area contributed by atoms with Gasteiger partial charge in [0, 0.05) is 24.1 Å². The SMILES string of the molecule is NC(CF)(Cc1c(F)cc(O)cc1F)C(=O)O. The Morgan fingerprint density at radius 3 is 2.18 bits per heavy atom. The number of alkyl halides is 1. The molecule has 1 atom stereocenters. The molecule has 0 fully saturated rings. The lowest BCUT2D eigenvalue weighted by atomic mass is 9.92. The van der Waals surface area contributed by atoms with Gasteiger partial charge in [-0.15, -0.1) is 0 Å². The van der Waals surface area contributed by atoms with Gasteiger partial charge >= 0.3 is 5.97 Å². The summed E-state index contributed by atoms with van der Waals surface area (Å²) in [7, 11) is 0. The normalized spacial score (nSPS) is 14.4. The Labute approximate surface area is 94.5 Å². The average Bonchev–Trinajstić information content (AvgIpc) is 2.22. The summed E-state index contributed by atoms with van der Waals surface area (Å²) in [5.41, 5.74) is 2.11. The number of phenols is 1. The highest BCUT2D eigenvalue weighted by atomic mass is 19.1. The number of carbonyl (C=O) groups is 1. The molecule has 0 aliphatic heterocycles. The molecule has 4 N–H and O–H groups in total. The highest BCUT2D eigenvalue weighted by Crippen LogP contribution is 2.23. The van der Waals surface area contributed by atoms with Gasteiger partial charge in [0.15, 0.2) is 0 Å². The lowest BCUT2D eigenvalue weighted by Gasteiger charge is -2.21. The van der Waals surface area contributed by atoms with Crippen molar-refractivity contribution >= 4 is 5.97 Å². The molecule has 0 amide bonds. The van der Waals surface area contributed by atoms with Crippen molar-refractivity contribution in [2.24, 2.45) is 5.73 Å². The molecule has 1 aromatic rings. The zero-order valence-electron chi connectivity index (χ0n) is 8.58. The fourth-order valence-corrected chi connectivity index (χ4v) is 1.25. The molecule has 7 heteroatoms. The highest BCUT2D eigenvalue weighted by molar-refractivity contribution is 5.79. The van der Waals surface area contributed by atoms with E-state index in [0.29, 0.717) is 12.1 Å². The number of aliphatic carboxylic acids is 1. The lowest BCUT2D eigenvalue weighted by Crippen LogP contribution is -2.52. The van der Waals surface area contributed by atoms with Gasteiger partial charge in [0.05, 0.1) is 0 Å². The molecule has 94 valence electrons. The van der Waals surface area contributed by atoms with E-state index in [2.05, 4.69) is 0 Å². The number of hydrogen-bond donors (Lipinski definition) is 3. The first-order valence-electron chi connectivity index (χ1n) is 4.55. The van der Waals surface area contributed by atoms with Gasteiger partial charge in [0.1, 0.15) is 29.6 Å². The number of aromatic hydroxyl groups is 1. The van der Waals surface area contributed by atoms with Crippen LogP contribution in [0.5, 0.6) is 5.75 Å². The summed E-state index contributed by atoms with van der Waals surface area (Å²) in [6, 6.07) is 1.19. The Bertz CT molecular complexity index is 429. The zero-order chi connectivity index (χ0) is 13.2. The van der Waals surface area contributed by atoms with Gasteiger partial charge in [-0.1, -0.05) is 0 Å². The molecule has 0 aliphatic rings. The van der Waals surface area contributed by atoms with E-state index in [1.54, 1.807) is 0 Å². The number of nitrogens with two attached hydrogens (primary N) is 1. The number of carboxylic acids is 1. The maximum Gasteiger partial charge on any atom is 0.326 e. The summed E-state index contributed by atoms with van der Waals surface area (Å²) in [6.45, 7) is -1.47. The van der Waals surface area contributed by atoms with Crippen molar-refractivity contribution in [3.63, 3.8) is 0 Å². The third-order valence-electron chi connectivity index (χ3n) is 2.28. The van der Waals surface area contributed by atoms with E-state index in [4.69, 9.17) is 15.9 Å². The first-order chi connectivity index (χ1) is 7.80. The van der Waals surface area contributed by atoms with Crippen molar-refractivity contribution in [3.8, 4) is 5.75 Å². The van der Waals surface area contributed by atoms with Crippen LogP contribution < -0.4 is 5.73 Å². The van der Waals surface area contributed by atoms with Crippen molar-refractivity contribution < 1.29 is 28.2 Å². The van der Waals surface area contributed by atoms with Crippen LogP contribution in [0.25, 0.3) is 0 Å². The Hall–Kier alpha value is -1.76. The molecular formula is C10H10F3NO3. The van der Waals surface area contributed by atoms with Crippen LogP contribution in [-0.2, 0) is 11.2 Å². The summed E-state index contributed by atoms with van der Waals surface area (Å²) in [5.74, 6) is -4.70. The minimum Gasteiger partial charge on any atom is -0.508 e. The summed E-state index contributed by atoms with van der Waals surface area (Å²) in [4.78, 5) is 10.7. The number of benzene rings is 1. The first kappa shape index (κ1) is 13.3. The largest absolute Gasteiger partial charge is 0.508 e. The van der Waals surface area contributed by atoms with Crippen LogP contribution in [0.3, 0.4) is 0 Å². The second-order valence-electron chi connectivity index (χ2n) is 3.66. The Balaban J connectivity index is 3.15. The summed E-state index contributed by atoms with van der Waals surface area (Å²) in [6.07, 6.45) is -0.850. The maximum absolute atomic E-state index is 13.3. The molecule has 0 radical (unpaired) electrons. The predicted octanol–water partition coefficient (Wildman–Crippen LogP) is 0.964. The van der Waals surface area contributed by atoms with Gasteiger partial charge in [-0.3, -0.25) is 4.79 Å². The molecule has 0 bridgehead atoms. The monoisotopic (exact) mass is 249 g/mol. The third-order valence-corrected chi connectivity index (χ3v) is 2.28. The second-order valence-corrected chi connectivity index (χ2v) is 3.66. The Morgan fingerprint density at radius 1 is 1.35 bits per heavy atom. The number of rotatable bonds is 4. The van der Waals surface area contributed by atoms with E-state index >= 15 is 0 Å². The van der Waals surface area contributed by atoms with Crippen LogP contribution >= 0.6 is 0 Å². The van der Waals surface area contributed by atoms with Crippen LogP contribution in [0.4, 0.5) is 13.2 Å². The van der Waals surface area contributed by atoms with Gasteiger partial charge in [-0.25, -0.2) is 13.2 Å². The molecular weight excluding hydrogens is 239 g/mol. The molecule has 0 aromatic heterocycles. The minimum atomic E-state index is -2.39. The van der Waals surface area contributed by atoms with Crippen LogP contribution in [-0.4, -0.2) is 28.4 Å². The Morgan fingerprint density at radius 2 is 1.82 bits per heavy atom. The first-order valence-corrected chi connectivity index (χ1v) is 4.55. The molecule has 17 heavy (non-hydrogen) atoms. The van der Waals surface area contributed by atoms with Crippen LogP contribution in [0, 0.1) is 11.6 Å². The molecule has 1 rings (SSSR count). The van der Waals surface area contributed by atoms with E-state index in [9.17, 15) is 18.0 Å². The summed E-state index contributed by atoms with van der Waals surface area (Å²) < 4.78 is 39.1. The van der Waals surface area contributed by atoms with Crippen molar-refractivity contribution in [2.75, 3.05) is 6.67 Å². The van der Waals surface area contributed by atoms with Gasteiger partial charge in [0.2, 0.25) is 0 Å². The molecule has 0 saturated carbocycles.